The summed E-state index contributed by atoms with van der Waals surface area (Å²) in [5.74, 6) is -0.153. The van der Waals surface area contributed by atoms with Crippen molar-refractivity contribution in [1.29, 1.82) is 0 Å². The molecule has 0 unspecified atom stereocenters. The van der Waals surface area contributed by atoms with Crippen molar-refractivity contribution in [3.8, 4) is 0 Å². The van der Waals surface area contributed by atoms with Gasteiger partial charge in [0, 0.05) is 12.5 Å². The van der Waals surface area contributed by atoms with Crippen molar-refractivity contribution in [1.82, 2.24) is 0 Å². The second-order valence-electron chi connectivity index (χ2n) is 7.26. The van der Waals surface area contributed by atoms with E-state index in [1.807, 2.05) is 0 Å². The summed E-state index contributed by atoms with van der Waals surface area (Å²) >= 11 is 0. The maximum absolute atomic E-state index is 10.6. The lowest BCUT2D eigenvalue weighted by atomic mass is 10.0. The third kappa shape index (κ3) is 33.1. The molecular formula is C21H45NO2. The lowest BCUT2D eigenvalue weighted by Gasteiger charge is -2.03. The molecule has 0 aromatic carbocycles. The van der Waals surface area contributed by atoms with Gasteiger partial charge in [0.2, 0.25) is 5.91 Å². The molecule has 0 bridgehead atoms. The first-order valence-electron chi connectivity index (χ1n) is 10.5. The fourth-order valence-corrected chi connectivity index (χ4v) is 2.67. The van der Waals surface area contributed by atoms with Crippen LogP contribution in [0.4, 0.5) is 0 Å². The summed E-state index contributed by atoms with van der Waals surface area (Å²) in [5.41, 5.74) is 5.11. The number of nitrogens with two attached hydrogens (primary N) is 1. The molecule has 3 nitrogen and oxygen atoms in total. The van der Waals surface area contributed by atoms with Crippen LogP contribution in [0.25, 0.3) is 0 Å². The number of hydrogen-bond acceptors (Lipinski definition) is 2. The van der Waals surface area contributed by atoms with Gasteiger partial charge in [-0.1, -0.05) is 96.8 Å². The lowest BCUT2D eigenvalue weighted by molar-refractivity contribution is -0.118. The molecule has 0 aromatic rings. The molecule has 3 heteroatoms. The summed E-state index contributed by atoms with van der Waals surface area (Å²) in [6.07, 6.45) is 20.7. The Hall–Kier alpha value is -0.570. The van der Waals surface area contributed by atoms with E-state index in [1.54, 1.807) is 13.8 Å². The Labute approximate surface area is 151 Å². The van der Waals surface area contributed by atoms with Crippen molar-refractivity contribution in [3.63, 3.8) is 0 Å². The maximum Gasteiger partial charge on any atom is 0.217 e. The SMILES string of the molecule is CC(C)O.CCCCCCCCCCCCCCCCCC(N)=O. The van der Waals surface area contributed by atoms with Crippen molar-refractivity contribution >= 4 is 5.91 Å². The van der Waals surface area contributed by atoms with Gasteiger partial charge in [0.25, 0.3) is 0 Å². The number of unbranched alkanes of at least 4 members (excludes halogenated alkanes) is 14. The van der Waals surface area contributed by atoms with Crippen LogP contribution in [0.1, 0.15) is 124 Å². The number of aliphatic hydroxyl groups is 1. The van der Waals surface area contributed by atoms with E-state index in [0.717, 1.165) is 6.42 Å². The average Bonchev–Trinajstić information content (AvgIpc) is 2.50. The Balaban J connectivity index is 0. The van der Waals surface area contributed by atoms with Gasteiger partial charge in [-0.25, -0.2) is 0 Å². The van der Waals surface area contributed by atoms with Gasteiger partial charge < -0.3 is 10.8 Å². The van der Waals surface area contributed by atoms with E-state index in [0.29, 0.717) is 6.42 Å². The number of carbonyl (C=O) groups excluding carboxylic acids is 1. The molecule has 0 radical (unpaired) electrons. The molecule has 24 heavy (non-hydrogen) atoms. The van der Waals surface area contributed by atoms with Gasteiger partial charge in [-0.15, -0.1) is 0 Å². The molecule has 0 aliphatic heterocycles. The van der Waals surface area contributed by atoms with Crippen molar-refractivity contribution in [3.05, 3.63) is 0 Å². The van der Waals surface area contributed by atoms with Crippen LogP contribution in [-0.4, -0.2) is 17.1 Å². The van der Waals surface area contributed by atoms with Gasteiger partial charge in [-0.2, -0.15) is 0 Å². The van der Waals surface area contributed by atoms with E-state index in [2.05, 4.69) is 6.92 Å². The minimum Gasteiger partial charge on any atom is -0.394 e. The van der Waals surface area contributed by atoms with E-state index >= 15 is 0 Å². The quantitative estimate of drug-likeness (QED) is 0.332. The fraction of sp³-hybridized carbons (Fsp3) is 0.952. The van der Waals surface area contributed by atoms with Crippen LogP contribution in [-0.2, 0) is 4.79 Å². The summed E-state index contributed by atoms with van der Waals surface area (Å²) in [4.78, 5) is 10.6. The van der Waals surface area contributed by atoms with Crippen LogP contribution >= 0.6 is 0 Å². The fourth-order valence-electron chi connectivity index (χ4n) is 2.67. The van der Waals surface area contributed by atoms with Crippen LogP contribution in [0, 0.1) is 0 Å². The third-order valence-corrected chi connectivity index (χ3v) is 4.03. The highest BCUT2D eigenvalue weighted by molar-refractivity contribution is 5.73. The molecule has 0 rings (SSSR count). The zero-order valence-electron chi connectivity index (χ0n) is 16.8. The molecule has 0 saturated carbocycles. The highest BCUT2D eigenvalue weighted by Crippen LogP contribution is 2.13. The second-order valence-corrected chi connectivity index (χ2v) is 7.26. The molecule has 0 atom stereocenters. The zero-order chi connectivity index (χ0) is 18.5. The number of hydrogen-bond donors (Lipinski definition) is 2. The minimum absolute atomic E-state index is 0.153. The average molecular weight is 344 g/mol. The van der Waals surface area contributed by atoms with Crippen molar-refractivity contribution in [2.75, 3.05) is 0 Å². The highest BCUT2D eigenvalue weighted by atomic mass is 16.3. The second kappa shape index (κ2) is 22.4. The maximum atomic E-state index is 10.6. The van der Waals surface area contributed by atoms with E-state index < -0.39 is 0 Å². The Morgan fingerprint density at radius 2 is 0.958 bits per heavy atom. The number of amides is 1. The first-order valence-corrected chi connectivity index (χ1v) is 10.5. The van der Waals surface area contributed by atoms with Crippen LogP contribution in [0.5, 0.6) is 0 Å². The van der Waals surface area contributed by atoms with Crippen molar-refractivity contribution in [2.45, 2.75) is 130 Å². The topological polar surface area (TPSA) is 63.3 Å². The van der Waals surface area contributed by atoms with E-state index in [1.165, 1.54) is 89.9 Å². The normalized spacial score (nSPS) is 10.5. The molecule has 1 amide bonds. The largest absolute Gasteiger partial charge is 0.394 e. The van der Waals surface area contributed by atoms with Crippen LogP contribution in [0.3, 0.4) is 0 Å². The van der Waals surface area contributed by atoms with Gasteiger partial charge in [0.05, 0.1) is 0 Å². The van der Waals surface area contributed by atoms with Crippen LogP contribution in [0.15, 0.2) is 0 Å². The minimum atomic E-state index is -0.167. The Morgan fingerprint density at radius 1 is 0.708 bits per heavy atom. The first-order chi connectivity index (χ1) is 11.5. The Bertz CT molecular complexity index is 239. The first kappa shape index (κ1) is 25.7. The Morgan fingerprint density at radius 3 is 1.21 bits per heavy atom. The summed E-state index contributed by atoms with van der Waals surface area (Å²) in [7, 11) is 0. The summed E-state index contributed by atoms with van der Waals surface area (Å²) in [5, 5.41) is 8.06. The molecule has 0 heterocycles. The van der Waals surface area contributed by atoms with Crippen LogP contribution in [0.2, 0.25) is 0 Å². The van der Waals surface area contributed by atoms with E-state index in [-0.39, 0.29) is 12.0 Å². The third-order valence-electron chi connectivity index (χ3n) is 4.03. The molecule has 0 saturated heterocycles. The molecule has 0 fully saturated rings. The molecule has 146 valence electrons. The van der Waals surface area contributed by atoms with Gasteiger partial charge in [0.1, 0.15) is 0 Å². The Kier molecular flexibility index (Phi) is 24.0. The summed E-state index contributed by atoms with van der Waals surface area (Å²) < 4.78 is 0. The molecule has 0 spiro atoms. The predicted molar refractivity (Wildman–Crippen MR) is 106 cm³/mol. The smallest absolute Gasteiger partial charge is 0.217 e. The summed E-state index contributed by atoms with van der Waals surface area (Å²) in [6.45, 7) is 5.72. The van der Waals surface area contributed by atoms with Gasteiger partial charge in [0.15, 0.2) is 0 Å². The monoisotopic (exact) mass is 343 g/mol. The van der Waals surface area contributed by atoms with E-state index in [4.69, 9.17) is 10.8 Å². The number of primary amides is 1. The summed E-state index contributed by atoms with van der Waals surface area (Å²) in [6, 6.07) is 0. The molecule has 0 aliphatic carbocycles. The molecule has 0 aromatic heterocycles. The lowest BCUT2D eigenvalue weighted by Crippen LogP contribution is -2.09. The van der Waals surface area contributed by atoms with Gasteiger partial charge in [-0.05, 0) is 20.3 Å². The van der Waals surface area contributed by atoms with Crippen LogP contribution < -0.4 is 5.73 Å². The predicted octanol–water partition coefficient (Wildman–Crippen LogP) is 6.12. The molecule has 3 N–H and O–H groups in total. The molecular weight excluding hydrogens is 298 g/mol. The van der Waals surface area contributed by atoms with Crippen molar-refractivity contribution < 1.29 is 9.90 Å². The highest BCUT2D eigenvalue weighted by Gasteiger charge is 1.96. The number of carbonyl (C=O) groups is 1. The standard InChI is InChI=1S/C18H37NO.C3H8O/c1-2-3-4-5-6-7-8-9-10-11-12-13-14-15-16-17-18(19)20;1-3(2)4/h2-17H2,1H3,(H2,19,20);3-4H,1-2H3. The van der Waals surface area contributed by atoms with E-state index in [9.17, 15) is 4.79 Å². The van der Waals surface area contributed by atoms with Gasteiger partial charge in [-0.3, -0.25) is 4.79 Å². The number of aliphatic hydroxyl groups excluding tert-OH is 1. The van der Waals surface area contributed by atoms with Crippen molar-refractivity contribution in [2.24, 2.45) is 5.73 Å². The number of rotatable bonds is 16. The molecule has 0 aliphatic rings. The van der Waals surface area contributed by atoms with Gasteiger partial charge >= 0.3 is 0 Å². The zero-order valence-corrected chi connectivity index (χ0v) is 16.8.